The summed E-state index contributed by atoms with van der Waals surface area (Å²) in [5.41, 5.74) is 1.93. The number of hydrogen-bond acceptors (Lipinski definition) is 2. The zero-order chi connectivity index (χ0) is 15.7. The molecule has 1 N–H and O–H groups in total. The van der Waals surface area contributed by atoms with Crippen molar-refractivity contribution in [1.82, 2.24) is 10.3 Å². The third-order valence-electron chi connectivity index (χ3n) is 4.57. The third-order valence-corrected chi connectivity index (χ3v) is 4.57. The van der Waals surface area contributed by atoms with E-state index in [1.54, 1.807) is 12.1 Å². The molecule has 3 rings (SSSR count). The molecule has 1 amide bonds. The van der Waals surface area contributed by atoms with E-state index >= 15 is 0 Å². The molecule has 1 aliphatic rings. The summed E-state index contributed by atoms with van der Waals surface area (Å²) in [5, 5.41) is 3.71. The van der Waals surface area contributed by atoms with E-state index in [9.17, 15) is 9.18 Å². The lowest BCUT2D eigenvalue weighted by Gasteiger charge is -2.29. The van der Waals surface area contributed by atoms with Gasteiger partial charge in [0.1, 0.15) is 5.82 Å². The largest absolute Gasteiger partial charge is 0.349 e. The predicted molar refractivity (Wildman–Crippen MR) is 85.3 cm³/mol. The average molecular weight is 300 g/mol. The van der Waals surface area contributed by atoms with E-state index in [1.165, 1.54) is 18.6 Å². The number of nitrogens with one attached hydrogen (secondary N) is 1. The number of aromatic nitrogens is 1. The highest BCUT2D eigenvalue weighted by atomic mass is 19.1. The fourth-order valence-corrected chi connectivity index (χ4v) is 3.30. The molecule has 1 aromatic heterocycles. The molecule has 0 aliphatic heterocycles. The lowest BCUT2D eigenvalue weighted by Crippen LogP contribution is -2.41. The SMILES string of the molecule is Cc1cc(C(=O)NC2CCCCC2C)c2cc(F)ccc2n1. The van der Waals surface area contributed by atoms with Gasteiger partial charge in [0.25, 0.3) is 5.91 Å². The minimum atomic E-state index is -0.349. The van der Waals surface area contributed by atoms with Gasteiger partial charge >= 0.3 is 0 Å². The second kappa shape index (κ2) is 6.03. The van der Waals surface area contributed by atoms with Gasteiger partial charge in [0.2, 0.25) is 0 Å². The number of hydrogen-bond donors (Lipinski definition) is 1. The maximum absolute atomic E-state index is 13.5. The van der Waals surface area contributed by atoms with Crippen LogP contribution in [0.3, 0.4) is 0 Å². The second-order valence-corrected chi connectivity index (χ2v) is 6.31. The van der Waals surface area contributed by atoms with Gasteiger partial charge in [0.05, 0.1) is 11.1 Å². The molecular weight excluding hydrogens is 279 g/mol. The van der Waals surface area contributed by atoms with Crippen molar-refractivity contribution >= 4 is 16.8 Å². The molecule has 1 heterocycles. The van der Waals surface area contributed by atoms with Gasteiger partial charge in [-0.05, 0) is 49.9 Å². The molecule has 2 aromatic rings. The van der Waals surface area contributed by atoms with E-state index in [0.717, 1.165) is 25.0 Å². The van der Waals surface area contributed by atoms with Crippen LogP contribution >= 0.6 is 0 Å². The van der Waals surface area contributed by atoms with Gasteiger partial charge in [0.15, 0.2) is 0 Å². The normalized spacial score (nSPS) is 21.8. The monoisotopic (exact) mass is 300 g/mol. The fourth-order valence-electron chi connectivity index (χ4n) is 3.30. The van der Waals surface area contributed by atoms with Crippen LogP contribution in [0.15, 0.2) is 24.3 Å². The number of rotatable bonds is 2. The van der Waals surface area contributed by atoms with Crippen molar-refractivity contribution in [3.63, 3.8) is 0 Å². The lowest BCUT2D eigenvalue weighted by atomic mass is 9.86. The summed E-state index contributed by atoms with van der Waals surface area (Å²) in [5.74, 6) is 0.0155. The first kappa shape index (κ1) is 14.9. The number of carbonyl (C=O) groups excluding carboxylic acids is 1. The first-order chi connectivity index (χ1) is 10.5. The first-order valence-corrected chi connectivity index (χ1v) is 7.92. The number of benzene rings is 1. The quantitative estimate of drug-likeness (QED) is 0.911. The van der Waals surface area contributed by atoms with Gasteiger partial charge in [-0.3, -0.25) is 9.78 Å². The van der Waals surface area contributed by atoms with Crippen molar-refractivity contribution in [3.8, 4) is 0 Å². The van der Waals surface area contributed by atoms with Gasteiger partial charge in [-0.15, -0.1) is 0 Å². The van der Waals surface area contributed by atoms with Crippen molar-refractivity contribution < 1.29 is 9.18 Å². The van der Waals surface area contributed by atoms with Gasteiger partial charge in [-0.2, -0.15) is 0 Å². The first-order valence-electron chi connectivity index (χ1n) is 7.92. The summed E-state index contributed by atoms with van der Waals surface area (Å²) in [4.78, 5) is 17.0. The summed E-state index contributed by atoms with van der Waals surface area (Å²) in [6, 6.07) is 6.33. The summed E-state index contributed by atoms with van der Waals surface area (Å²) >= 11 is 0. The molecule has 1 aliphatic carbocycles. The molecule has 22 heavy (non-hydrogen) atoms. The van der Waals surface area contributed by atoms with E-state index < -0.39 is 0 Å². The highest BCUT2D eigenvalue weighted by Crippen LogP contribution is 2.25. The second-order valence-electron chi connectivity index (χ2n) is 6.31. The molecule has 3 nitrogen and oxygen atoms in total. The van der Waals surface area contributed by atoms with Crippen LogP contribution in [0, 0.1) is 18.7 Å². The Morgan fingerprint density at radius 2 is 2.05 bits per heavy atom. The maximum atomic E-state index is 13.5. The van der Waals surface area contributed by atoms with Crippen LogP contribution in [0.4, 0.5) is 4.39 Å². The zero-order valence-electron chi connectivity index (χ0n) is 13.0. The molecule has 2 unspecified atom stereocenters. The minimum Gasteiger partial charge on any atom is -0.349 e. The highest BCUT2D eigenvalue weighted by molar-refractivity contribution is 6.06. The summed E-state index contributed by atoms with van der Waals surface area (Å²) in [6.07, 6.45) is 4.55. The van der Waals surface area contributed by atoms with Crippen LogP contribution < -0.4 is 5.32 Å². The number of carbonyl (C=O) groups is 1. The van der Waals surface area contributed by atoms with Gasteiger partial charge < -0.3 is 5.32 Å². The Kier molecular flexibility index (Phi) is 4.10. The Morgan fingerprint density at radius 3 is 2.82 bits per heavy atom. The number of halogens is 1. The van der Waals surface area contributed by atoms with E-state index in [2.05, 4.69) is 17.2 Å². The van der Waals surface area contributed by atoms with E-state index in [4.69, 9.17) is 0 Å². The van der Waals surface area contributed by atoms with Crippen LogP contribution in [-0.4, -0.2) is 16.9 Å². The molecule has 1 fully saturated rings. The molecule has 2 atom stereocenters. The number of aryl methyl sites for hydroxylation is 1. The molecule has 0 saturated heterocycles. The summed E-state index contributed by atoms with van der Waals surface area (Å²) < 4.78 is 13.5. The standard InChI is InChI=1S/C18H21FN2O/c1-11-5-3-4-6-16(11)21-18(22)15-9-12(2)20-17-8-7-13(19)10-14(15)17/h7-11,16H,3-6H2,1-2H3,(H,21,22). The molecule has 0 bridgehead atoms. The van der Waals surface area contributed by atoms with Crippen molar-refractivity contribution in [3.05, 3.63) is 41.3 Å². The molecular formula is C18H21FN2O. The number of amides is 1. The van der Waals surface area contributed by atoms with Crippen LogP contribution in [0.2, 0.25) is 0 Å². The third kappa shape index (κ3) is 2.96. The van der Waals surface area contributed by atoms with Crippen LogP contribution in [0.5, 0.6) is 0 Å². The Bertz CT molecular complexity index is 714. The number of pyridine rings is 1. The molecule has 4 heteroatoms. The minimum absolute atomic E-state index is 0.125. The van der Waals surface area contributed by atoms with E-state index in [-0.39, 0.29) is 17.8 Å². The Morgan fingerprint density at radius 1 is 1.27 bits per heavy atom. The summed E-state index contributed by atoms with van der Waals surface area (Å²) in [6.45, 7) is 4.03. The highest BCUT2D eigenvalue weighted by Gasteiger charge is 2.24. The molecule has 1 saturated carbocycles. The van der Waals surface area contributed by atoms with Gasteiger partial charge in [0, 0.05) is 17.1 Å². The Hall–Kier alpha value is -1.97. The average Bonchev–Trinajstić information content (AvgIpc) is 2.49. The zero-order valence-corrected chi connectivity index (χ0v) is 13.0. The molecule has 116 valence electrons. The van der Waals surface area contributed by atoms with Crippen molar-refractivity contribution in [2.75, 3.05) is 0 Å². The number of nitrogens with zero attached hydrogens (tertiary/aromatic N) is 1. The maximum Gasteiger partial charge on any atom is 0.252 e. The smallest absolute Gasteiger partial charge is 0.252 e. The molecule has 0 radical (unpaired) electrons. The van der Waals surface area contributed by atoms with Crippen molar-refractivity contribution in [1.29, 1.82) is 0 Å². The van der Waals surface area contributed by atoms with Crippen LogP contribution in [-0.2, 0) is 0 Å². The van der Waals surface area contributed by atoms with E-state index in [0.29, 0.717) is 22.4 Å². The van der Waals surface area contributed by atoms with Gasteiger partial charge in [-0.25, -0.2) is 4.39 Å². The Labute approximate surface area is 129 Å². The molecule has 0 spiro atoms. The van der Waals surface area contributed by atoms with E-state index in [1.807, 2.05) is 6.92 Å². The Balaban J connectivity index is 1.94. The van der Waals surface area contributed by atoms with Crippen LogP contribution in [0.1, 0.15) is 48.7 Å². The topological polar surface area (TPSA) is 42.0 Å². The predicted octanol–water partition coefficient (Wildman–Crippen LogP) is 3.99. The molecule has 1 aromatic carbocycles. The lowest BCUT2D eigenvalue weighted by molar-refractivity contribution is 0.0912. The number of fused-ring (bicyclic) bond motifs is 1. The van der Waals surface area contributed by atoms with Crippen LogP contribution in [0.25, 0.3) is 10.9 Å². The van der Waals surface area contributed by atoms with Gasteiger partial charge in [-0.1, -0.05) is 19.8 Å². The summed E-state index contributed by atoms with van der Waals surface area (Å²) in [7, 11) is 0. The van der Waals surface area contributed by atoms with Crippen molar-refractivity contribution in [2.24, 2.45) is 5.92 Å². The van der Waals surface area contributed by atoms with Crippen molar-refractivity contribution in [2.45, 2.75) is 45.6 Å². The fraction of sp³-hybridized carbons (Fsp3) is 0.444.